The zero-order chi connectivity index (χ0) is 19.9. The summed E-state index contributed by atoms with van der Waals surface area (Å²) in [6.07, 6.45) is 2.76. The zero-order valence-corrected chi connectivity index (χ0v) is 16.1. The lowest BCUT2D eigenvalue weighted by atomic mass is 10.0. The predicted molar refractivity (Wildman–Crippen MR) is 105 cm³/mol. The number of aromatic nitrogens is 2. The largest absolute Gasteiger partial charge is 0.488 e. The molecule has 2 aromatic rings. The first-order chi connectivity index (χ1) is 13.4. The molecule has 5 N–H and O–H groups in total. The number of rotatable bonds is 6. The lowest BCUT2D eigenvalue weighted by molar-refractivity contribution is -0.111. The van der Waals surface area contributed by atoms with Crippen molar-refractivity contribution in [2.45, 2.75) is 37.6 Å². The third-order valence-electron chi connectivity index (χ3n) is 5.43. The van der Waals surface area contributed by atoms with Crippen molar-refractivity contribution < 1.29 is 20.0 Å². The van der Waals surface area contributed by atoms with Crippen LogP contribution in [-0.2, 0) is 4.74 Å². The lowest BCUT2D eigenvalue weighted by Crippen LogP contribution is -2.42. The highest BCUT2D eigenvalue weighted by atomic mass is 16.5. The summed E-state index contributed by atoms with van der Waals surface area (Å²) in [6, 6.07) is 7.31. The number of nitrogens with zero attached hydrogens (tertiary/aromatic N) is 3. The maximum atomic E-state index is 10.1. The van der Waals surface area contributed by atoms with Crippen LogP contribution >= 0.6 is 0 Å². The lowest BCUT2D eigenvalue weighted by Gasteiger charge is -2.17. The van der Waals surface area contributed by atoms with E-state index in [0.29, 0.717) is 41.6 Å². The maximum absolute atomic E-state index is 10.1. The van der Waals surface area contributed by atoms with Gasteiger partial charge in [-0.2, -0.15) is 0 Å². The van der Waals surface area contributed by atoms with Gasteiger partial charge < -0.3 is 25.2 Å². The van der Waals surface area contributed by atoms with Crippen LogP contribution in [0, 0.1) is 0 Å². The number of methoxy groups -OCH3 is 1. The van der Waals surface area contributed by atoms with Crippen molar-refractivity contribution in [2.75, 3.05) is 30.8 Å². The van der Waals surface area contributed by atoms with Gasteiger partial charge in [-0.15, -0.1) is 0 Å². The van der Waals surface area contributed by atoms with Gasteiger partial charge in [-0.1, -0.05) is 0 Å². The van der Waals surface area contributed by atoms with Gasteiger partial charge in [0.25, 0.3) is 0 Å². The van der Waals surface area contributed by atoms with E-state index in [1.165, 1.54) is 6.33 Å². The topological polar surface area (TPSA) is 119 Å². The van der Waals surface area contributed by atoms with Crippen molar-refractivity contribution in [3.63, 3.8) is 0 Å². The highest BCUT2D eigenvalue weighted by Gasteiger charge is 2.40. The summed E-state index contributed by atoms with van der Waals surface area (Å²) in [5.74, 6) is 1.43. The minimum atomic E-state index is -0.557. The fraction of sp³-hybridized carbons (Fsp3) is 0.450. The van der Waals surface area contributed by atoms with E-state index < -0.39 is 6.10 Å². The fourth-order valence-electron chi connectivity index (χ4n) is 3.38. The van der Waals surface area contributed by atoms with Crippen LogP contribution in [0.3, 0.4) is 0 Å². The molecule has 2 atom stereocenters. The molecular weight excluding hydrogens is 358 g/mol. The summed E-state index contributed by atoms with van der Waals surface area (Å²) in [5.41, 5.74) is 8.34. The SMILES string of the molecule is CO[C@H]1CN(c2cc(C(=[NH2+])c3cc(OC4(C)CC4)ccc3N)ncn2)C[C@@H]1O. The number of aliphatic hydroxyl groups excluding tert-OH is 1. The van der Waals surface area contributed by atoms with E-state index in [1.54, 1.807) is 19.2 Å². The highest BCUT2D eigenvalue weighted by molar-refractivity contribution is 6.11. The Morgan fingerprint density at radius 3 is 2.75 bits per heavy atom. The third kappa shape index (κ3) is 3.65. The molecule has 0 unspecified atom stereocenters. The third-order valence-corrected chi connectivity index (χ3v) is 5.43. The molecule has 2 aliphatic rings. The van der Waals surface area contributed by atoms with Gasteiger partial charge in [0.2, 0.25) is 5.71 Å². The molecule has 0 spiro atoms. The van der Waals surface area contributed by atoms with E-state index in [-0.39, 0.29) is 11.7 Å². The fourth-order valence-corrected chi connectivity index (χ4v) is 3.38. The highest BCUT2D eigenvalue weighted by Crippen LogP contribution is 2.40. The number of β-amino-alcohol motifs (C(OH)–C–C–N with tert-alkyl or cyclic N) is 1. The van der Waals surface area contributed by atoms with Crippen LogP contribution in [0.4, 0.5) is 11.5 Å². The number of nitrogens with two attached hydrogens (primary N) is 2. The molecule has 28 heavy (non-hydrogen) atoms. The van der Waals surface area contributed by atoms with E-state index in [4.69, 9.17) is 20.6 Å². The van der Waals surface area contributed by atoms with Crippen LogP contribution in [0.5, 0.6) is 5.75 Å². The number of hydrogen-bond donors (Lipinski definition) is 3. The average molecular weight is 384 g/mol. The van der Waals surface area contributed by atoms with Crippen LogP contribution in [0.2, 0.25) is 0 Å². The Labute approximate surface area is 163 Å². The molecule has 1 aliphatic heterocycles. The maximum Gasteiger partial charge on any atom is 0.232 e. The second kappa shape index (κ2) is 7.03. The number of nitrogen functional groups attached to an aromatic ring is 1. The Balaban J connectivity index is 1.58. The van der Waals surface area contributed by atoms with Crippen molar-refractivity contribution in [3.8, 4) is 5.75 Å². The predicted octanol–water partition coefficient (Wildman–Crippen LogP) is -0.217. The normalized spacial score (nSPS) is 22.9. The van der Waals surface area contributed by atoms with E-state index in [1.807, 2.05) is 17.0 Å². The number of hydrogen-bond acceptors (Lipinski definition) is 7. The van der Waals surface area contributed by atoms with Crippen LogP contribution in [0.15, 0.2) is 30.6 Å². The number of aliphatic hydroxyl groups is 1. The molecule has 8 nitrogen and oxygen atoms in total. The Bertz CT molecular complexity index is 899. The van der Waals surface area contributed by atoms with E-state index in [9.17, 15) is 5.11 Å². The van der Waals surface area contributed by atoms with Crippen LogP contribution < -0.4 is 20.8 Å². The monoisotopic (exact) mass is 384 g/mol. The van der Waals surface area contributed by atoms with Gasteiger partial charge >= 0.3 is 0 Å². The van der Waals surface area contributed by atoms with Gasteiger partial charge in [-0.05, 0) is 38.0 Å². The molecule has 0 amide bonds. The minimum absolute atomic E-state index is 0.0846. The van der Waals surface area contributed by atoms with Crippen molar-refractivity contribution in [1.82, 2.24) is 9.97 Å². The average Bonchev–Trinajstić information content (AvgIpc) is 3.29. The second-order valence-electron chi connectivity index (χ2n) is 7.72. The summed E-state index contributed by atoms with van der Waals surface area (Å²) < 4.78 is 11.3. The molecule has 148 valence electrons. The second-order valence-corrected chi connectivity index (χ2v) is 7.72. The van der Waals surface area contributed by atoms with E-state index in [0.717, 1.165) is 18.6 Å². The smallest absolute Gasteiger partial charge is 0.232 e. The Morgan fingerprint density at radius 2 is 2.07 bits per heavy atom. The summed E-state index contributed by atoms with van der Waals surface area (Å²) in [7, 11) is 1.59. The molecular formula is C20H26N5O3+. The quantitative estimate of drug-likeness (QED) is 0.465. The standard InChI is InChI=1S/C20H25N5O3/c1-20(5-6-20)28-12-3-4-14(21)13(7-12)19(22)15-8-18(24-11-23-15)25-9-16(26)17(10-25)27-2/h3-4,7-8,11,16-17,22,26H,5-6,9-10,21H2,1-2H3/p+1/t16-,17-/m0/s1. The molecule has 4 rings (SSSR count). The first-order valence-corrected chi connectivity index (χ1v) is 9.38. The van der Waals surface area contributed by atoms with Crippen LogP contribution in [-0.4, -0.2) is 58.8 Å². The molecule has 0 radical (unpaired) electrons. The molecule has 1 aromatic carbocycles. The van der Waals surface area contributed by atoms with Gasteiger partial charge in [0.05, 0.1) is 11.7 Å². The minimum Gasteiger partial charge on any atom is -0.488 e. The first-order valence-electron chi connectivity index (χ1n) is 9.38. The number of ether oxygens (including phenoxy) is 2. The van der Waals surface area contributed by atoms with E-state index in [2.05, 4.69) is 16.9 Å². The van der Waals surface area contributed by atoms with Crippen molar-refractivity contribution in [3.05, 3.63) is 41.9 Å². The van der Waals surface area contributed by atoms with Crippen molar-refractivity contribution in [2.24, 2.45) is 0 Å². The summed E-state index contributed by atoms with van der Waals surface area (Å²) in [5, 5.41) is 16.5. The molecule has 8 heteroatoms. The number of benzene rings is 1. The molecule has 1 saturated heterocycles. The molecule has 1 aromatic heterocycles. The van der Waals surface area contributed by atoms with Gasteiger partial charge in [0.1, 0.15) is 35.3 Å². The van der Waals surface area contributed by atoms with E-state index >= 15 is 0 Å². The van der Waals surface area contributed by atoms with Gasteiger partial charge in [-0.25, -0.2) is 9.97 Å². The molecule has 0 bridgehead atoms. The zero-order valence-electron chi connectivity index (χ0n) is 16.1. The first kappa shape index (κ1) is 18.6. The Kier molecular flexibility index (Phi) is 4.68. The van der Waals surface area contributed by atoms with Crippen LogP contribution in [0.25, 0.3) is 0 Å². The van der Waals surface area contributed by atoms with Gasteiger partial charge in [0.15, 0.2) is 0 Å². The summed E-state index contributed by atoms with van der Waals surface area (Å²) >= 11 is 0. The summed E-state index contributed by atoms with van der Waals surface area (Å²) in [6.45, 7) is 3.08. The molecule has 1 aliphatic carbocycles. The molecule has 1 saturated carbocycles. The van der Waals surface area contributed by atoms with Crippen LogP contribution in [0.1, 0.15) is 31.0 Å². The van der Waals surface area contributed by atoms with Crippen molar-refractivity contribution >= 4 is 17.2 Å². The van der Waals surface area contributed by atoms with Crippen molar-refractivity contribution in [1.29, 1.82) is 0 Å². The summed E-state index contributed by atoms with van der Waals surface area (Å²) in [4.78, 5) is 10.6. The van der Waals surface area contributed by atoms with Gasteiger partial charge in [0, 0.05) is 32.0 Å². The Hall–Kier alpha value is -2.71. The molecule has 2 fully saturated rings. The number of anilines is 2. The molecule has 2 heterocycles. The Morgan fingerprint density at radius 1 is 1.29 bits per heavy atom. The van der Waals surface area contributed by atoms with Gasteiger partial charge in [-0.3, -0.25) is 5.41 Å².